The molecule has 0 bridgehead atoms. The summed E-state index contributed by atoms with van der Waals surface area (Å²) in [5.41, 5.74) is 1.36. The average molecular weight is 278 g/mol. The fourth-order valence-corrected chi connectivity index (χ4v) is 3.38. The lowest BCUT2D eigenvalue weighted by atomic mass is 9.91. The van der Waals surface area contributed by atoms with Gasteiger partial charge in [-0.25, -0.2) is 0 Å². The average Bonchev–Trinajstić information content (AvgIpc) is 3.17. The predicted molar refractivity (Wildman–Crippen MR) is 79.7 cm³/mol. The number of carboxylic acids is 1. The minimum absolute atomic E-state index is 0.0797. The van der Waals surface area contributed by atoms with Crippen molar-refractivity contribution in [2.45, 2.75) is 43.9 Å². The second-order valence-corrected chi connectivity index (χ2v) is 6.62. The fourth-order valence-electron chi connectivity index (χ4n) is 2.72. The number of hydrogen-bond acceptors (Lipinski definition) is 2. The number of hydrogen-bond donors (Lipinski definition) is 1. The molecule has 0 heterocycles. The monoisotopic (exact) mass is 278 g/mol. The lowest BCUT2D eigenvalue weighted by Crippen LogP contribution is -2.04. The molecule has 3 heteroatoms. The molecule has 1 aliphatic rings. The second kappa shape index (κ2) is 6.47. The predicted octanol–water partition coefficient (Wildman–Crippen LogP) is 4.40. The Morgan fingerprint density at radius 2 is 2.05 bits per heavy atom. The molecule has 2 nitrogen and oxygen atoms in total. The normalized spacial score (nSPS) is 23.1. The van der Waals surface area contributed by atoms with Gasteiger partial charge >= 0.3 is 5.97 Å². The van der Waals surface area contributed by atoms with Crippen molar-refractivity contribution >= 4 is 17.7 Å². The van der Waals surface area contributed by atoms with Crippen molar-refractivity contribution in [3.63, 3.8) is 0 Å². The topological polar surface area (TPSA) is 37.3 Å². The summed E-state index contributed by atoms with van der Waals surface area (Å²) in [5.74, 6) is 1.31. The van der Waals surface area contributed by atoms with Crippen LogP contribution in [0.2, 0.25) is 0 Å². The van der Waals surface area contributed by atoms with Gasteiger partial charge in [-0.1, -0.05) is 26.0 Å². The second-order valence-electron chi connectivity index (χ2n) is 5.28. The zero-order chi connectivity index (χ0) is 13.8. The zero-order valence-corrected chi connectivity index (χ0v) is 12.5. The quantitative estimate of drug-likeness (QED) is 0.751. The summed E-state index contributed by atoms with van der Waals surface area (Å²) in [7, 11) is 0. The molecule has 104 valence electrons. The molecule has 0 saturated heterocycles. The molecular weight excluding hydrogens is 256 g/mol. The Hall–Kier alpha value is -0.960. The van der Waals surface area contributed by atoms with Crippen LogP contribution in [-0.2, 0) is 4.79 Å². The molecule has 0 radical (unpaired) electrons. The maximum Gasteiger partial charge on any atom is 0.306 e. The fraction of sp³-hybridized carbons (Fsp3) is 0.562. The standard InChI is InChI=1S/C16H22O2S/c1-3-11(9-13-10-15(13)16(17)18)12-5-7-14(8-6-12)19-4-2/h5-8,11,13,15H,3-4,9-10H2,1-2H3,(H,17,18). The first-order chi connectivity index (χ1) is 9.15. The van der Waals surface area contributed by atoms with Crippen LogP contribution in [0.5, 0.6) is 0 Å². The van der Waals surface area contributed by atoms with Crippen molar-refractivity contribution in [2.24, 2.45) is 11.8 Å². The molecule has 1 aliphatic carbocycles. The molecule has 0 aromatic heterocycles. The van der Waals surface area contributed by atoms with Gasteiger partial charge in [0, 0.05) is 4.90 Å². The summed E-state index contributed by atoms with van der Waals surface area (Å²) in [6.45, 7) is 4.35. The molecular formula is C16H22O2S. The van der Waals surface area contributed by atoms with E-state index >= 15 is 0 Å². The van der Waals surface area contributed by atoms with Crippen LogP contribution in [0, 0.1) is 11.8 Å². The summed E-state index contributed by atoms with van der Waals surface area (Å²) in [5, 5.41) is 8.97. The largest absolute Gasteiger partial charge is 0.481 e. The molecule has 0 aliphatic heterocycles. The van der Waals surface area contributed by atoms with E-state index in [4.69, 9.17) is 5.11 Å². The Labute approximate surface area is 119 Å². The number of benzene rings is 1. The lowest BCUT2D eigenvalue weighted by Gasteiger charge is -2.15. The molecule has 3 atom stereocenters. The summed E-state index contributed by atoms with van der Waals surface area (Å²) >= 11 is 1.86. The number of thioether (sulfide) groups is 1. The van der Waals surface area contributed by atoms with Gasteiger partial charge < -0.3 is 5.11 Å². The van der Waals surface area contributed by atoms with Crippen LogP contribution in [0.3, 0.4) is 0 Å². The highest BCUT2D eigenvalue weighted by Crippen LogP contribution is 2.46. The van der Waals surface area contributed by atoms with E-state index in [1.165, 1.54) is 10.5 Å². The smallest absolute Gasteiger partial charge is 0.306 e. The third-order valence-corrected chi connectivity index (χ3v) is 4.88. The zero-order valence-electron chi connectivity index (χ0n) is 11.6. The highest BCUT2D eigenvalue weighted by atomic mass is 32.2. The number of aliphatic carboxylic acids is 1. The minimum atomic E-state index is -0.616. The molecule has 1 aromatic carbocycles. The van der Waals surface area contributed by atoms with Crippen molar-refractivity contribution in [1.82, 2.24) is 0 Å². The van der Waals surface area contributed by atoms with Crippen molar-refractivity contribution in [3.8, 4) is 0 Å². The van der Waals surface area contributed by atoms with Gasteiger partial charge in [-0.15, -0.1) is 11.8 Å². The molecule has 19 heavy (non-hydrogen) atoms. The molecule has 2 rings (SSSR count). The van der Waals surface area contributed by atoms with Crippen molar-refractivity contribution in [3.05, 3.63) is 29.8 Å². The van der Waals surface area contributed by atoms with Crippen LogP contribution in [0.1, 0.15) is 44.6 Å². The number of carbonyl (C=O) groups is 1. The van der Waals surface area contributed by atoms with E-state index in [0.717, 1.165) is 25.0 Å². The van der Waals surface area contributed by atoms with Gasteiger partial charge in [-0.3, -0.25) is 4.79 Å². The van der Waals surface area contributed by atoms with Crippen LogP contribution in [0.15, 0.2) is 29.2 Å². The Bertz CT molecular complexity index is 427. The van der Waals surface area contributed by atoms with E-state index in [2.05, 4.69) is 38.1 Å². The maximum absolute atomic E-state index is 10.9. The summed E-state index contributed by atoms with van der Waals surface area (Å²) in [6.07, 6.45) is 2.98. The van der Waals surface area contributed by atoms with Gasteiger partial charge in [0.2, 0.25) is 0 Å². The van der Waals surface area contributed by atoms with Crippen LogP contribution >= 0.6 is 11.8 Å². The Morgan fingerprint density at radius 3 is 2.53 bits per heavy atom. The molecule has 1 saturated carbocycles. The first-order valence-corrected chi connectivity index (χ1v) is 8.09. The van der Waals surface area contributed by atoms with Gasteiger partial charge in [-0.2, -0.15) is 0 Å². The van der Waals surface area contributed by atoms with Crippen molar-refractivity contribution in [2.75, 3.05) is 5.75 Å². The first kappa shape index (κ1) is 14.4. The van der Waals surface area contributed by atoms with Crippen molar-refractivity contribution in [1.29, 1.82) is 0 Å². The molecule has 1 N–H and O–H groups in total. The summed E-state index contributed by atoms with van der Waals surface area (Å²) in [4.78, 5) is 12.2. The van der Waals surface area contributed by atoms with Gasteiger partial charge in [0.1, 0.15) is 0 Å². The highest BCUT2D eigenvalue weighted by molar-refractivity contribution is 7.99. The Balaban J connectivity index is 1.96. The van der Waals surface area contributed by atoms with Gasteiger partial charge in [0.15, 0.2) is 0 Å². The van der Waals surface area contributed by atoms with Crippen LogP contribution in [0.4, 0.5) is 0 Å². The number of rotatable bonds is 7. The highest BCUT2D eigenvalue weighted by Gasteiger charge is 2.43. The summed E-state index contributed by atoms with van der Waals surface area (Å²) in [6, 6.07) is 8.80. The SMILES string of the molecule is CCSc1ccc(C(CC)CC2CC2C(=O)O)cc1. The molecule has 0 spiro atoms. The van der Waals surface area contributed by atoms with E-state index in [-0.39, 0.29) is 5.92 Å². The van der Waals surface area contributed by atoms with E-state index in [0.29, 0.717) is 11.8 Å². The molecule has 3 unspecified atom stereocenters. The summed E-state index contributed by atoms with van der Waals surface area (Å²) < 4.78 is 0. The van der Waals surface area contributed by atoms with Crippen LogP contribution in [0.25, 0.3) is 0 Å². The van der Waals surface area contributed by atoms with Crippen LogP contribution in [-0.4, -0.2) is 16.8 Å². The van der Waals surface area contributed by atoms with E-state index in [1.54, 1.807) is 0 Å². The minimum Gasteiger partial charge on any atom is -0.481 e. The van der Waals surface area contributed by atoms with E-state index in [9.17, 15) is 4.79 Å². The third kappa shape index (κ3) is 3.75. The lowest BCUT2D eigenvalue weighted by molar-refractivity contribution is -0.138. The van der Waals surface area contributed by atoms with Crippen LogP contribution < -0.4 is 0 Å². The van der Waals surface area contributed by atoms with Crippen molar-refractivity contribution < 1.29 is 9.90 Å². The molecule has 1 fully saturated rings. The Morgan fingerprint density at radius 1 is 1.37 bits per heavy atom. The van der Waals surface area contributed by atoms with Gasteiger partial charge in [0.25, 0.3) is 0 Å². The Kier molecular flexibility index (Phi) is 4.92. The number of carboxylic acid groups (broad SMARTS) is 1. The van der Waals surface area contributed by atoms with Gasteiger partial charge in [0.05, 0.1) is 5.92 Å². The maximum atomic E-state index is 10.9. The van der Waals surface area contributed by atoms with Gasteiger partial charge in [-0.05, 0) is 54.5 Å². The van der Waals surface area contributed by atoms with E-state index < -0.39 is 5.97 Å². The van der Waals surface area contributed by atoms with E-state index in [1.807, 2.05) is 11.8 Å². The first-order valence-electron chi connectivity index (χ1n) is 7.11. The molecule has 0 amide bonds. The molecule has 1 aromatic rings. The third-order valence-electron chi connectivity index (χ3n) is 3.98.